The van der Waals surface area contributed by atoms with Crippen LogP contribution in [0, 0.1) is 6.92 Å². The fourth-order valence-electron chi connectivity index (χ4n) is 3.74. The van der Waals surface area contributed by atoms with Crippen molar-refractivity contribution < 1.29 is 27.5 Å². The Bertz CT molecular complexity index is 1260. The molecule has 190 valence electrons. The Balaban J connectivity index is 1.56. The van der Waals surface area contributed by atoms with Gasteiger partial charge in [0.15, 0.2) is 0 Å². The zero-order valence-electron chi connectivity index (χ0n) is 19.8. The van der Waals surface area contributed by atoms with Crippen LogP contribution in [0.1, 0.15) is 52.4 Å². The van der Waals surface area contributed by atoms with Crippen molar-refractivity contribution in [1.29, 1.82) is 0 Å². The molecule has 1 aromatic carbocycles. The maximum absolute atomic E-state index is 13.1. The van der Waals surface area contributed by atoms with Crippen molar-refractivity contribution in [1.82, 2.24) is 25.2 Å². The predicted molar refractivity (Wildman–Crippen MR) is 126 cm³/mol. The van der Waals surface area contributed by atoms with E-state index in [0.717, 1.165) is 17.3 Å². The van der Waals surface area contributed by atoms with Gasteiger partial charge in [-0.3, -0.25) is 9.59 Å². The van der Waals surface area contributed by atoms with Gasteiger partial charge in [-0.1, -0.05) is 0 Å². The minimum absolute atomic E-state index is 0.0585. The smallest absolute Gasteiger partial charge is 0.451 e. The number of carbonyl (C=O) groups is 2. The molecule has 36 heavy (non-hydrogen) atoms. The fourth-order valence-corrected chi connectivity index (χ4v) is 4.50. The zero-order chi connectivity index (χ0) is 26.0. The van der Waals surface area contributed by atoms with Crippen LogP contribution >= 0.6 is 11.3 Å². The Morgan fingerprint density at radius 3 is 2.53 bits per heavy atom. The highest BCUT2D eigenvalue weighted by atomic mass is 32.1. The van der Waals surface area contributed by atoms with Crippen LogP contribution in [0.25, 0.3) is 10.6 Å². The topological polar surface area (TPSA) is 97.3 Å². The third-order valence-corrected chi connectivity index (χ3v) is 6.66. The molecular weight excluding hydrogens is 495 g/mol. The lowest BCUT2D eigenvalue weighted by atomic mass is 10.1. The first-order chi connectivity index (χ1) is 17.0. The van der Waals surface area contributed by atoms with Gasteiger partial charge < -0.3 is 15.0 Å². The minimum Gasteiger partial charge on any atom is -0.489 e. The number of carbonyl (C=O) groups excluding carboxylic acids is 2. The van der Waals surface area contributed by atoms with Crippen LogP contribution in [0.3, 0.4) is 0 Å². The van der Waals surface area contributed by atoms with E-state index in [1.54, 1.807) is 43.3 Å². The molecule has 2 aromatic heterocycles. The summed E-state index contributed by atoms with van der Waals surface area (Å²) >= 11 is 1.47. The minimum atomic E-state index is -4.64. The summed E-state index contributed by atoms with van der Waals surface area (Å²) in [6, 6.07) is 4.45. The number of hydrogen-bond donors (Lipinski definition) is 1. The summed E-state index contributed by atoms with van der Waals surface area (Å²) in [6.07, 6.45) is -0.0863. The maximum Gasteiger partial charge on any atom is 0.451 e. The van der Waals surface area contributed by atoms with Crippen LogP contribution in [-0.2, 0) is 11.0 Å². The Labute approximate surface area is 209 Å². The Morgan fingerprint density at radius 2 is 1.92 bits per heavy atom. The largest absolute Gasteiger partial charge is 0.489 e. The van der Waals surface area contributed by atoms with E-state index in [9.17, 15) is 22.8 Å². The van der Waals surface area contributed by atoms with E-state index in [-0.39, 0.29) is 12.0 Å². The first-order valence-electron chi connectivity index (χ1n) is 11.2. The molecule has 12 heteroatoms. The second-order valence-electron chi connectivity index (χ2n) is 8.61. The third-order valence-electron chi connectivity index (χ3n) is 5.70. The number of rotatable bonds is 6. The van der Waals surface area contributed by atoms with Crippen LogP contribution in [0.15, 0.2) is 36.8 Å². The standard InChI is InChI=1S/C24H24F3N5O3S/c1-13-9-28-22(36-13)16-6-15(7-19(8-16)35-18-4-5-20(33)32(3)12-18)21(34)31-14(2)17-10-29-23(30-11-17)24(25,26)27/h6-11,14,18H,4-5,12H2,1-3H3,(H,31,34). The summed E-state index contributed by atoms with van der Waals surface area (Å²) < 4.78 is 44.4. The molecule has 2 atom stereocenters. The third kappa shape index (κ3) is 5.99. The quantitative estimate of drug-likeness (QED) is 0.518. The lowest BCUT2D eigenvalue weighted by Crippen LogP contribution is -2.42. The normalized spacial score (nSPS) is 17.1. The van der Waals surface area contributed by atoms with E-state index in [1.165, 1.54) is 11.3 Å². The summed E-state index contributed by atoms with van der Waals surface area (Å²) in [7, 11) is 1.72. The lowest BCUT2D eigenvalue weighted by molar-refractivity contribution is -0.145. The predicted octanol–water partition coefficient (Wildman–Crippen LogP) is 4.42. The second-order valence-corrected chi connectivity index (χ2v) is 9.84. The van der Waals surface area contributed by atoms with Gasteiger partial charge in [-0.25, -0.2) is 15.0 Å². The van der Waals surface area contributed by atoms with E-state index in [0.29, 0.717) is 46.8 Å². The van der Waals surface area contributed by atoms with Gasteiger partial charge in [0.25, 0.3) is 5.91 Å². The SMILES string of the molecule is Cc1cnc(-c2cc(OC3CCC(=O)N(C)C3)cc(C(=O)NC(C)c3cnc(C(F)(F)F)nc3)c2)s1. The van der Waals surface area contributed by atoms with E-state index < -0.39 is 23.9 Å². The van der Waals surface area contributed by atoms with Crippen LogP contribution < -0.4 is 10.1 Å². The molecule has 0 radical (unpaired) electrons. The second kappa shape index (κ2) is 10.2. The number of amides is 2. The molecule has 1 aliphatic heterocycles. The zero-order valence-corrected chi connectivity index (χ0v) is 20.6. The van der Waals surface area contributed by atoms with Crippen molar-refractivity contribution in [2.24, 2.45) is 0 Å². The molecule has 2 unspecified atom stereocenters. The Hall–Kier alpha value is -3.54. The van der Waals surface area contributed by atoms with Gasteiger partial charge in [-0.15, -0.1) is 11.3 Å². The van der Waals surface area contributed by atoms with Gasteiger partial charge in [0.1, 0.15) is 16.9 Å². The highest BCUT2D eigenvalue weighted by molar-refractivity contribution is 7.14. The molecule has 2 amide bonds. The van der Waals surface area contributed by atoms with Gasteiger partial charge in [0.2, 0.25) is 11.7 Å². The van der Waals surface area contributed by atoms with Crippen LogP contribution in [0.2, 0.25) is 0 Å². The number of aromatic nitrogens is 3. The molecule has 0 aliphatic carbocycles. The van der Waals surface area contributed by atoms with Gasteiger partial charge in [0.05, 0.1) is 12.6 Å². The Kier molecular flexibility index (Phi) is 7.25. The number of hydrogen-bond acceptors (Lipinski definition) is 7. The summed E-state index contributed by atoms with van der Waals surface area (Å²) in [5.74, 6) is -1.17. The number of ether oxygens (including phenoxy) is 1. The summed E-state index contributed by atoms with van der Waals surface area (Å²) in [5, 5.41) is 3.49. The van der Waals surface area contributed by atoms with Crippen molar-refractivity contribution >= 4 is 23.2 Å². The van der Waals surface area contributed by atoms with Crippen molar-refractivity contribution in [3.8, 4) is 16.3 Å². The highest BCUT2D eigenvalue weighted by Gasteiger charge is 2.34. The van der Waals surface area contributed by atoms with E-state index in [4.69, 9.17) is 4.74 Å². The number of benzene rings is 1. The molecular formula is C24H24F3N5O3S. The number of halogens is 3. The average Bonchev–Trinajstić information content (AvgIpc) is 3.27. The maximum atomic E-state index is 13.1. The number of thiazole rings is 1. The van der Waals surface area contributed by atoms with Gasteiger partial charge in [0, 0.05) is 53.6 Å². The molecule has 1 saturated heterocycles. The summed E-state index contributed by atoms with van der Waals surface area (Å²) in [4.78, 5) is 38.7. The molecule has 1 aliphatic rings. The first-order valence-corrected chi connectivity index (χ1v) is 12.0. The van der Waals surface area contributed by atoms with Crippen molar-refractivity contribution in [2.75, 3.05) is 13.6 Å². The number of nitrogens with zero attached hydrogens (tertiary/aromatic N) is 4. The van der Waals surface area contributed by atoms with Gasteiger partial charge in [-0.05, 0) is 38.5 Å². The molecule has 0 saturated carbocycles. The molecule has 3 aromatic rings. The van der Waals surface area contributed by atoms with E-state index in [2.05, 4.69) is 20.3 Å². The number of piperidine rings is 1. The van der Waals surface area contributed by atoms with E-state index in [1.807, 2.05) is 6.92 Å². The molecule has 0 spiro atoms. The molecule has 1 N–H and O–H groups in total. The van der Waals surface area contributed by atoms with Crippen molar-refractivity contribution in [3.05, 3.63) is 58.6 Å². The number of likely N-dealkylation sites (N-methyl/N-ethyl adjacent to an activating group) is 1. The average molecular weight is 520 g/mol. The van der Waals surface area contributed by atoms with Crippen LogP contribution in [0.5, 0.6) is 5.75 Å². The lowest BCUT2D eigenvalue weighted by Gasteiger charge is -2.30. The summed E-state index contributed by atoms with van der Waals surface area (Å²) in [6.45, 7) is 3.99. The van der Waals surface area contributed by atoms with Crippen molar-refractivity contribution in [2.45, 2.75) is 45.0 Å². The number of alkyl halides is 3. The highest BCUT2D eigenvalue weighted by Crippen LogP contribution is 2.31. The van der Waals surface area contributed by atoms with Gasteiger partial charge in [-0.2, -0.15) is 13.2 Å². The molecule has 0 bridgehead atoms. The molecule has 8 nitrogen and oxygen atoms in total. The molecule has 3 heterocycles. The number of aryl methyl sites for hydroxylation is 1. The van der Waals surface area contributed by atoms with Crippen LogP contribution in [0.4, 0.5) is 13.2 Å². The summed E-state index contributed by atoms with van der Waals surface area (Å²) in [5.41, 5.74) is 1.33. The number of nitrogens with one attached hydrogen (secondary N) is 1. The Morgan fingerprint density at radius 1 is 1.19 bits per heavy atom. The number of likely N-dealkylation sites (tertiary alicyclic amines) is 1. The monoisotopic (exact) mass is 519 g/mol. The fraction of sp³-hybridized carbons (Fsp3) is 0.375. The van der Waals surface area contributed by atoms with Crippen LogP contribution in [-0.4, -0.2) is 51.4 Å². The van der Waals surface area contributed by atoms with Crippen molar-refractivity contribution in [3.63, 3.8) is 0 Å². The first kappa shape index (κ1) is 25.5. The van der Waals surface area contributed by atoms with E-state index >= 15 is 0 Å². The van der Waals surface area contributed by atoms with Gasteiger partial charge >= 0.3 is 6.18 Å². The molecule has 4 rings (SSSR count). The molecule has 1 fully saturated rings.